The lowest BCUT2D eigenvalue weighted by Crippen LogP contribution is -2.10. The second-order valence-corrected chi connectivity index (χ2v) is 8.54. The van der Waals surface area contributed by atoms with Gasteiger partial charge in [0.25, 0.3) is 0 Å². The summed E-state index contributed by atoms with van der Waals surface area (Å²) >= 11 is 0. The first kappa shape index (κ1) is 18.5. The molecule has 0 aliphatic heterocycles. The van der Waals surface area contributed by atoms with Gasteiger partial charge in [0.05, 0.1) is 0 Å². The zero-order valence-corrected chi connectivity index (χ0v) is 17.1. The fourth-order valence-electron chi connectivity index (χ4n) is 3.63. The third kappa shape index (κ3) is 3.75. The summed E-state index contributed by atoms with van der Waals surface area (Å²) in [5, 5.41) is 0. The van der Waals surface area contributed by atoms with Crippen molar-refractivity contribution in [1.29, 1.82) is 0 Å². The smallest absolute Gasteiger partial charge is 0.0120 e. The van der Waals surface area contributed by atoms with E-state index in [9.17, 15) is 0 Å². The van der Waals surface area contributed by atoms with Gasteiger partial charge in [-0.15, -0.1) is 0 Å². The van der Waals surface area contributed by atoms with Gasteiger partial charge < -0.3 is 0 Å². The van der Waals surface area contributed by atoms with Crippen LogP contribution in [0.2, 0.25) is 0 Å². The molecule has 0 heteroatoms. The maximum absolute atomic E-state index is 3.37. The van der Waals surface area contributed by atoms with Gasteiger partial charge >= 0.3 is 0 Å². The summed E-state index contributed by atoms with van der Waals surface area (Å²) in [7, 11) is 0. The fourth-order valence-corrected chi connectivity index (χ4v) is 3.63. The Morgan fingerprint density at radius 3 is 1.54 bits per heavy atom. The van der Waals surface area contributed by atoms with E-state index in [0.717, 1.165) is 0 Å². The lowest BCUT2D eigenvalue weighted by atomic mass is 9.85. The van der Waals surface area contributed by atoms with Crippen molar-refractivity contribution >= 4 is 0 Å². The molecule has 3 aromatic rings. The van der Waals surface area contributed by atoms with Crippen molar-refractivity contribution in [3.05, 3.63) is 82.4 Å². The third-order valence-electron chi connectivity index (χ3n) is 5.08. The van der Waals surface area contributed by atoms with Gasteiger partial charge in [0.1, 0.15) is 0 Å². The van der Waals surface area contributed by atoms with Crippen LogP contribution in [0.15, 0.2) is 48.5 Å². The van der Waals surface area contributed by atoms with E-state index >= 15 is 0 Å². The van der Waals surface area contributed by atoms with Gasteiger partial charge in [-0.25, -0.2) is 0 Å². The van der Waals surface area contributed by atoms with Crippen molar-refractivity contribution in [2.45, 2.75) is 53.9 Å². The van der Waals surface area contributed by atoms with E-state index in [1.54, 1.807) is 0 Å². The van der Waals surface area contributed by atoms with Crippen molar-refractivity contribution in [2.75, 3.05) is 0 Å². The molecule has 133 valence electrons. The fraction of sp³-hybridized carbons (Fsp3) is 0.308. The molecular formula is C26H29. The number of aryl methyl sites for hydroxylation is 4. The topological polar surface area (TPSA) is 0 Å². The molecule has 3 rings (SSSR count). The first-order valence-corrected chi connectivity index (χ1v) is 9.38. The summed E-state index contributed by atoms with van der Waals surface area (Å²) < 4.78 is 0. The highest BCUT2D eigenvalue weighted by Gasteiger charge is 2.14. The molecule has 0 fully saturated rings. The highest BCUT2D eigenvalue weighted by molar-refractivity contribution is 5.77. The van der Waals surface area contributed by atoms with Gasteiger partial charge in [0.15, 0.2) is 0 Å². The molecule has 0 N–H and O–H groups in total. The zero-order valence-electron chi connectivity index (χ0n) is 17.1. The zero-order chi connectivity index (χ0) is 19.1. The second kappa shape index (κ2) is 6.76. The lowest BCUT2D eigenvalue weighted by molar-refractivity contribution is 0.590. The van der Waals surface area contributed by atoms with Gasteiger partial charge in [-0.05, 0) is 89.2 Å². The molecule has 0 spiro atoms. The molecule has 0 nitrogen and oxygen atoms in total. The van der Waals surface area contributed by atoms with E-state index in [2.05, 4.69) is 103 Å². The number of benzene rings is 3. The van der Waals surface area contributed by atoms with Crippen LogP contribution in [0.25, 0.3) is 22.3 Å². The quantitative estimate of drug-likeness (QED) is 0.457. The molecule has 0 amide bonds. The monoisotopic (exact) mass is 341 g/mol. The van der Waals surface area contributed by atoms with Crippen LogP contribution in [0.3, 0.4) is 0 Å². The van der Waals surface area contributed by atoms with E-state index in [1.807, 2.05) is 0 Å². The van der Waals surface area contributed by atoms with Gasteiger partial charge in [0, 0.05) is 0 Å². The van der Waals surface area contributed by atoms with E-state index in [-0.39, 0.29) is 5.41 Å². The Labute approximate surface area is 158 Å². The normalized spacial score (nSPS) is 11.7. The largest absolute Gasteiger partial charge is 0.0579 e. The summed E-state index contributed by atoms with van der Waals surface area (Å²) in [6, 6.07) is 21.5. The van der Waals surface area contributed by atoms with Crippen molar-refractivity contribution in [3.8, 4) is 22.3 Å². The Hall–Kier alpha value is -2.34. The Balaban J connectivity index is 2.05. The number of hydrogen-bond donors (Lipinski definition) is 0. The first-order chi connectivity index (χ1) is 12.1. The number of rotatable bonds is 2. The average Bonchev–Trinajstić information content (AvgIpc) is 2.55. The summed E-state index contributed by atoms with van der Waals surface area (Å²) in [5.74, 6) is 0. The Kier molecular flexibility index (Phi) is 4.80. The van der Waals surface area contributed by atoms with Crippen LogP contribution < -0.4 is 0 Å². The molecule has 0 saturated carbocycles. The van der Waals surface area contributed by atoms with Crippen LogP contribution in [0.1, 0.15) is 48.6 Å². The molecular weight excluding hydrogens is 312 g/mol. The molecule has 0 atom stereocenters. The van der Waals surface area contributed by atoms with E-state index in [4.69, 9.17) is 0 Å². The lowest BCUT2D eigenvalue weighted by Gasteiger charge is -2.20. The van der Waals surface area contributed by atoms with Crippen LogP contribution in [0, 0.1) is 33.8 Å². The SMILES string of the molecule is Cc1[c]c(C)cc(-c2cc(C)c(-c3ccc(C(C)(C)C)cc3)cc2C)c1. The Bertz CT molecular complexity index is 915. The van der Waals surface area contributed by atoms with Crippen LogP contribution >= 0.6 is 0 Å². The Morgan fingerprint density at radius 2 is 1.08 bits per heavy atom. The minimum atomic E-state index is 0.188. The number of hydrogen-bond acceptors (Lipinski definition) is 0. The highest BCUT2D eigenvalue weighted by Crippen LogP contribution is 2.33. The molecule has 1 radical (unpaired) electrons. The second-order valence-electron chi connectivity index (χ2n) is 8.54. The molecule has 0 aliphatic carbocycles. The molecule has 0 heterocycles. The van der Waals surface area contributed by atoms with Crippen LogP contribution in [0.5, 0.6) is 0 Å². The highest BCUT2D eigenvalue weighted by atomic mass is 14.2. The van der Waals surface area contributed by atoms with Gasteiger partial charge in [-0.3, -0.25) is 0 Å². The van der Waals surface area contributed by atoms with Crippen LogP contribution in [-0.4, -0.2) is 0 Å². The summed E-state index contributed by atoms with van der Waals surface area (Å²) in [5.41, 5.74) is 11.8. The molecule has 0 saturated heterocycles. The van der Waals surface area contributed by atoms with Crippen molar-refractivity contribution in [1.82, 2.24) is 0 Å². The molecule has 0 aliphatic rings. The maximum atomic E-state index is 3.37. The van der Waals surface area contributed by atoms with Crippen LogP contribution in [0.4, 0.5) is 0 Å². The van der Waals surface area contributed by atoms with Gasteiger partial charge in [-0.2, -0.15) is 0 Å². The van der Waals surface area contributed by atoms with E-state index in [0.29, 0.717) is 0 Å². The van der Waals surface area contributed by atoms with Crippen LogP contribution in [-0.2, 0) is 5.41 Å². The third-order valence-corrected chi connectivity index (χ3v) is 5.08. The average molecular weight is 342 g/mol. The van der Waals surface area contributed by atoms with Crippen molar-refractivity contribution < 1.29 is 0 Å². The predicted octanol–water partition coefficient (Wildman–Crippen LogP) is 7.35. The molecule has 0 unspecified atom stereocenters. The maximum Gasteiger partial charge on any atom is -0.0120 e. The first-order valence-electron chi connectivity index (χ1n) is 9.38. The predicted molar refractivity (Wildman–Crippen MR) is 114 cm³/mol. The van der Waals surface area contributed by atoms with Crippen molar-refractivity contribution in [2.24, 2.45) is 0 Å². The summed E-state index contributed by atoms with van der Waals surface area (Å²) in [6.45, 7) is 15.4. The standard InChI is InChI=1S/C26H29/c1-17-12-18(2)14-22(13-17)25-16-19(3)24(15-20(25)4)21-8-10-23(11-9-21)26(5,6)7/h8-11,13-16H,1-7H3. The van der Waals surface area contributed by atoms with Gasteiger partial charge in [0.2, 0.25) is 0 Å². The van der Waals surface area contributed by atoms with Crippen molar-refractivity contribution in [3.63, 3.8) is 0 Å². The minimum absolute atomic E-state index is 0.188. The summed E-state index contributed by atoms with van der Waals surface area (Å²) in [6.07, 6.45) is 0. The molecule has 3 aromatic carbocycles. The minimum Gasteiger partial charge on any atom is -0.0579 e. The summed E-state index contributed by atoms with van der Waals surface area (Å²) in [4.78, 5) is 0. The molecule has 26 heavy (non-hydrogen) atoms. The van der Waals surface area contributed by atoms with Gasteiger partial charge in [-0.1, -0.05) is 69.3 Å². The molecule has 0 bridgehead atoms. The molecule has 0 aromatic heterocycles. The Morgan fingerprint density at radius 1 is 0.615 bits per heavy atom. The van der Waals surface area contributed by atoms with E-state index in [1.165, 1.54) is 50.1 Å². The van der Waals surface area contributed by atoms with E-state index < -0.39 is 0 Å².